The Kier molecular flexibility index (Phi) is 4.11. The fourth-order valence-electron chi connectivity index (χ4n) is 2.09. The molecular weight excluding hydrogens is 225 g/mol. The summed E-state index contributed by atoms with van der Waals surface area (Å²) < 4.78 is 13.2. The van der Waals surface area contributed by atoms with Gasteiger partial charge in [0.25, 0.3) is 0 Å². The Morgan fingerprint density at radius 2 is 1.44 bits per heavy atom. The lowest BCUT2D eigenvalue weighted by Gasteiger charge is -2.20. The summed E-state index contributed by atoms with van der Waals surface area (Å²) in [7, 11) is 0. The molecule has 1 N–H and O–H groups in total. The van der Waals surface area contributed by atoms with Crippen molar-refractivity contribution in [3.63, 3.8) is 0 Å². The van der Waals surface area contributed by atoms with Gasteiger partial charge in [-0.05, 0) is 37.1 Å². The first-order valence-electron chi connectivity index (χ1n) is 6.23. The van der Waals surface area contributed by atoms with Gasteiger partial charge in [-0.3, -0.25) is 0 Å². The van der Waals surface area contributed by atoms with Crippen LogP contribution in [0.25, 0.3) is 0 Å². The van der Waals surface area contributed by atoms with E-state index in [2.05, 4.69) is 24.4 Å². The summed E-state index contributed by atoms with van der Waals surface area (Å²) in [6.45, 7) is 4.17. The third-order valence-electron chi connectivity index (χ3n) is 3.15. The third kappa shape index (κ3) is 3.17. The Hall–Kier alpha value is -1.67. The van der Waals surface area contributed by atoms with E-state index in [-0.39, 0.29) is 17.9 Å². The summed E-state index contributed by atoms with van der Waals surface area (Å²) in [6, 6.07) is 17.3. The SMILES string of the molecule is CC(N[C@H](C)c1cccc(F)c1)c1ccccc1. The van der Waals surface area contributed by atoms with Crippen LogP contribution in [0.2, 0.25) is 0 Å². The summed E-state index contributed by atoms with van der Waals surface area (Å²) in [5.41, 5.74) is 2.21. The number of hydrogen-bond acceptors (Lipinski definition) is 1. The van der Waals surface area contributed by atoms with Crippen molar-refractivity contribution in [2.75, 3.05) is 0 Å². The van der Waals surface area contributed by atoms with Crippen molar-refractivity contribution < 1.29 is 4.39 Å². The van der Waals surface area contributed by atoms with Gasteiger partial charge in [0.2, 0.25) is 0 Å². The van der Waals surface area contributed by atoms with Gasteiger partial charge < -0.3 is 5.32 Å². The van der Waals surface area contributed by atoms with Crippen molar-refractivity contribution in [1.29, 1.82) is 0 Å². The molecule has 18 heavy (non-hydrogen) atoms. The highest BCUT2D eigenvalue weighted by molar-refractivity contribution is 5.22. The first kappa shape index (κ1) is 12.8. The van der Waals surface area contributed by atoms with Gasteiger partial charge in [0.05, 0.1) is 0 Å². The molecule has 0 spiro atoms. The molecule has 0 heterocycles. The molecule has 0 aliphatic heterocycles. The fourth-order valence-corrected chi connectivity index (χ4v) is 2.09. The van der Waals surface area contributed by atoms with Crippen LogP contribution in [0.5, 0.6) is 0 Å². The van der Waals surface area contributed by atoms with Crippen LogP contribution in [-0.4, -0.2) is 0 Å². The lowest BCUT2D eigenvalue weighted by atomic mass is 10.0. The monoisotopic (exact) mass is 243 g/mol. The number of benzene rings is 2. The predicted molar refractivity (Wildman–Crippen MR) is 72.8 cm³/mol. The standard InChI is InChI=1S/C16H18FN/c1-12(14-7-4-3-5-8-14)18-13(2)15-9-6-10-16(17)11-15/h3-13,18H,1-2H3/t12?,13-/m1/s1. The van der Waals surface area contributed by atoms with Gasteiger partial charge in [0, 0.05) is 12.1 Å². The van der Waals surface area contributed by atoms with E-state index in [1.165, 1.54) is 11.6 Å². The lowest BCUT2D eigenvalue weighted by Crippen LogP contribution is -2.22. The van der Waals surface area contributed by atoms with Crippen molar-refractivity contribution in [2.45, 2.75) is 25.9 Å². The highest BCUT2D eigenvalue weighted by Crippen LogP contribution is 2.19. The summed E-state index contributed by atoms with van der Waals surface area (Å²) in [6.07, 6.45) is 0. The number of nitrogens with one attached hydrogen (secondary N) is 1. The maximum Gasteiger partial charge on any atom is 0.123 e. The summed E-state index contributed by atoms with van der Waals surface area (Å²) in [4.78, 5) is 0. The van der Waals surface area contributed by atoms with Crippen molar-refractivity contribution in [3.05, 3.63) is 71.5 Å². The third-order valence-corrected chi connectivity index (χ3v) is 3.15. The van der Waals surface area contributed by atoms with Crippen LogP contribution in [0.3, 0.4) is 0 Å². The molecule has 94 valence electrons. The van der Waals surface area contributed by atoms with Gasteiger partial charge in [0.15, 0.2) is 0 Å². The minimum atomic E-state index is -0.187. The van der Waals surface area contributed by atoms with Gasteiger partial charge in [-0.25, -0.2) is 4.39 Å². The molecule has 2 aromatic rings. The average Bonchev–Trinajstić information content (AvgIpc) is 2.39. The van der Waals surface area contributed by atoms with Crippen LogP contribution in [0, 0.1) is 5.82 Å². The van der Waals surface area contributed by atoms with Crippen LogP contribution >= 0.6 is 0 Å². The number of rotatable bonds is 4. The molecule has 1 unspecified atom stereocenters. The van der Waals surface area contributed by atoms with Crippen molar-refractivity contribution in [2.24, 2.45) is 0 Å². The van der Waals surface area contributed by atoms with Crippen LogP contribution in [0.15, 0.2) is 54.6 Å². The number of hydrogen-bond donors (Lipinski definition) is 1. The van der Waals surface area contributed by atoms with E-state index in [4.69, 9.17) is 0 Å². The van der Waals surface area contributed by atoms with E-state index < -0.39 is 0 Å². The van der Waals surface area contributed by atoms with E-state index in [1.807, 2.05) is 31.2 Å². The maximum atomic E-state index is 13.2. The maximum absolute atomic E-state index is 13.2. The molecular formula is C16H18FN. The Bertz CT molecular complexity index is 495. The number of halogens is 1. The minimum Gasteiger partial charge on any atom is -0.304 e. The Balaban J connectivity index is 2.05. The fraction of sp³-hybridized carbons (Fsp3) is 0.250. The molecule has 2 rings (SSSR count). The molecule has 2 aromatic carbocycles. The molecule has 0 aliphatic carbocycles. The largest absolute Gasteiger partial charge is 0.304 e. The molecule has 2 heteroatoms. The molecule has 2 atom stereocenters. The van der Waals surface area contributed by atoms with Gasteiger partial charge in [-0.2, -0.15) is 0 Å². The van der Waals surface area contributed by atoms with Crippen LogP contribution in [0.1, 0.15) is 37.1 Å². The quantitative estimate of drug-likeness (QED) is 0.847. The smallest absolute Gasteiger partial charge is 0.123 e. The summed E-state index contributed by atoms with van der Waals surface area (Å²) in [5, 5.41) is 3.47. The molecule has 1 nitrogen and oxygen atoms in total. The molecule has 0 saturated heterocycles. The summed E-state index contributed by atoms with van der Waals surface area (Å²) in [5.74, 6) is -0.187. The Morgan fingerprint density at radius 1 is 0.833 bits per heavy atom. The normalized spacial score (nSPS) is 14.2. The van der Waals surface area contributed by atoms with E-state index in [0.717, 1.165) is 5.56 Å². The van der Waals surface area contributed by atoms with Gasteiger partial charge >= 0.3 is 0 Å². The van der Waals surface area contributed by atoms with Crippen molar-refractivity contribution in [1.82, 2.24) is 5.32 Å². The molecule has 0 aromatic heterocycles. The van der Waals surface area contributed by atoms with Gasteiger partial charge in [-0.15, -0.1) is 0 Å². The highest BCUT2D eigenvalue weighted by Gasteiger charge is 2.11. The topological polar surface area (TPSA) is 12.0 Å². The predicted octanol–water partition coefficient (Wildman–Crippen LogP) is 4.24. The zero-order valence-corrected chi connectivity index (χ0v) is 10.7. The van der Waals surface area contributed by atoms with Crippen LogP contribution in [0.4, 0.5) is 4.39 Å². The van der Waals surface area contributed by atoms with Crippen molar-refractivity contribution >= 4 is 0 Å². The highest BCUT2D eigenvalue weighted by atomic mass is 19.1. The molecule has 0 radical (unpaired) electrons. The van der Waals surface area contributed by atoms with E-state index >= 15 is 0 Å². The molecule has 0 fully saturated rings. The van der Waals surface area contributed by atoms with Gasteiger partial charge in [-0.1, -0.05) is 42.5 Å². The summed E-state index contributed by atoms with van der Waals surface area (Å²) >= 11 is 0. The zero-order chi connectivity index (χ0) is 13.0. The Morgan fingerprint density at radius 3 is 2.11 bits per heavy atom. The van der Waals surface area contributed by atoms with E-state index in [9.17, 15) is 4.39 Å². The van der Waals surface area contributed by atoms with Crippen molar-refractivity contribution in [3.8, 4) is 0 Å². The second kappa shape index (κ2) is 5.78. The second-order valence-electron chi connectivity index (χ2n) is 4.58. The molecule has 0 aliphatic rings. The van der Waals surface area contributed by atoms with Crippen LogP contribution in [-0.2, 0) is 0 Å². The lowest BCUT2D eigenvalue weighted by molar-refractivity contribution is 0.492. The Labute approximate surface area is 108 Å². The molecule has 0 bridgehead atoms. The zero-order valence-electron chi connectivity index (χ0n) is 10.7. The molecule has 0 saturated carbocycles. The van der Waals surface area contributed by atoms with E-state index in [0.29, 0.717) is 0 Å². The average molecular weight is 243 g/mol. The second-order valence-corrected chi connectivity index (χ2v) is 4.58. The minimum absolute atomic E-state index is 0.121. The first-order chi connectivity index (χ1) is 8.66. The van der Waals surface area contributed by atoms with Crippen LogP contribution < -0.4 is 5.32 Å². The molecule has 0 amide bonds. The first-order valence-corrected chi connectivity index (χ1v) is 6.23. The van der Waals surface area contributed by atoms with E-state index in [1.54, 1.807) is 12.1 Å². The van der Waals surface area contributed by atoms with Gasteiger partial charge in [0.1, 0.15) is 5.82 Å².